The first kappa shape index (κ1) is 32.3. The lowest BCUT2D eigenvalue weighted by Crippen LogP contribution is -2.57. The number of phenolic OH excluding ortho intramolecular Hbond substituents is 1. The maximum absolute atomic E-state index is 17.0. The maximum atomic E-state index is 17.0. The zero-order valence-corrected chi connectivity index (χ0v) is 28.6. The van der Waals surface area contributed by atoms with E-state index in [1.54, 1.807) is 12.1 Å². The second kappa shape index (κ2) is 11.8. The van der Waals surface area contributed by atoms with Crippen LogP contribution in [0.15, 0.2) is 42.5 Å². The quantitative estimate of drug-likeness (QED) is 0.230. The Hall–Kier alpha value is -3.96. The maximum Gasteiger partial charge on any atom is 0.410 e. The summed E-state index contributed by atoms with van der Waals surface area (Å²) in [5.74, 6) is -0.213. The number of aromatic nitrogens is 2. The van der Waals surface area contributed by atoms with Gasteiger partial charge < -0.3 is 19.5 Å². The lowest BCUT2D eigenvalue weighted by atomic mass is 9.95. The summed E-state index contributed by atoms with van der Waals surface area (Å²) in [6.45, 7) is 7.87. The van der Waals surface area contributed by atoms with E-state index in [1.807, 2.05) is 49.9 Å². The van der Waals surface area contributed by atoms with Gasteiger partial charge in [0.05, 0.1) is 22.6 Å². The van der Waals surface area contributed by atoms with E-state index in [0.717, 1.165) is 43.0 Å². The number of halogens is 3. The van der Waals surface area contributed by atoms with Gasteiger partial charge in [0.1, 0.15) is 35.5 Å². The van der Waals surface area contributed by atoms with Crippen molar-refractivity contribution in [3.05, 3.63) is 53.3 Å². The summed E-state index contributed by atoms with van der Waals surface area (Å²) in [6, 6.07) is 12.0. The molecule has 9 nitrogen and oxygen atoms in total. The predicted octanol–water partition coefficient (Wildman–Crippen LogP) is 7.49. The molecule has 258 valence electrons. The lowest BCUT2D eigenvalue weighted by molar-refractivity contribution is 0.0122. The molecule has 1 N–H and O–H groups in total. The molecule has 3 aromatic carbocycles. The highest BCUT2D eigenvalue weighted by Crippen LogP contribution is 2.45. The minimum atomic E-state index is -0.923. The second-order valence-electron chi connectivity index (χ2n) is 15.0. The van der Waals surface area contributed by atoms with Crippen molar-refractivity contribution in [1.82, 2.24) is 19.8 Å². The van der Waals surface area contributed by atoms with E-state index in [-0.39, 0.29) is 52.6 Å². The number of phenols is 1. The van der Waals surface area contributed by atoms with Crippen LogP contribution in [0.4, 0.5) is 19.4 Å². The highest BCUT2D eigenvalue weighted by molar-refractivity contribution is 6.35. The van der Waals surface area contributed by atoms with E-state index < -0.39 is 23.1 Å². The van der Waals surface area contributed by atoms with Gasteiger partial charge in [0.25, 0.3) is 0 Å². The Bertz CT molecular complexity index is 1960. The fourth-order valence-electron chi connectivity index (χ4n) is 8.55. The molecule has 2 unspecified atom stereocenters. The Labute approximate surface area is 288 Å². The first-order valence-electron chi connectivity index (χ1n) is 17.1. The number of alkyl halides is 1. The van der Waals surface area contributed by atoms with Gasteiger partial charge in [-0.15, -0.1) is 0 Å². The largest absolute Gasteiger partial charge is 0.508 e. The van der Waals surface area contributed by atoms with Gasteiger partial charge >= 0.3 is 12.1 Å². The molecule has 1 aromatic heterocycles. The van der Waals surface area contributed by atoms with E-state index >= 15 is 4.39 Å². The van der Waals surface area contributed by atoms with Gasteiger partial charge in [-0.2, -0.15) is 9.97 Å². The van der Waals surface area contributed by atoms with Gasteiger partial charge in [-0.05, 0) is 87.5 Å². The van der Waals surface area contributed by atoms with Crippen molar-refractivity contribution < 1.29 is 28.2 Å². The van der Waals surface area contributed by atoms with Crippen molar-refractivity contribution in [2.75, 3.05) is 37.7 Å². The van der Waals surface area contributed by atoms with Crippen LogP contribution >= 0.6 is 11.6 Å². The van der Waals surface area contributed by atoms with Crippen LogP contribution in [-0.4, -0.2) is 93.1 Å². The molecule has 4 aliphatic heterocycles. The van der Waals surface area contributed by atoms with Gasteiger partial charge in [-0.1, -0.05) is 35.9 Å². The van der Waals surface area contributed by atoms with Crippen LogP contribution in [0.5, 0.6) is 11.8 Å². The van der Waals surface area contributed by atoms with Crippen LogP contribution in [-0.2, 0) is 4.74 Å². The van der Waals surface area contributed by atoms with Crippen LogP contribution in [0.25, 0.3) is 32.8 Å². The average Bonchev–Trinajstić information content (AvgIpc) is 3.66. The third kappa shape index (κ3) is 5.68. The third-order valence-corrected chi connectivity index (χ3v) is 10.9. The Morgan fingerprint density at radius 2 is 1.84 bits per heavy atom. The van der Waals surface area contributed by atoms with Crippen molar-refractivity contribution in [3.63, 3.8) is 0 Å². The number of hydrogen-bond acceptors (Lipinski definition) is 8. The summed E-state index contributed by atoms with van der Waals surface area (Å²) < 4.78 is 43.7. The highest BCUT2D eigenvalue weighted by Gasteiger charge is 2.50. The van der Waals surface area contributed by atoms with Crippen molar-refractivity contribution in [2.24, 2.45) is 0 Å². The number of fused-ring (bicyclic) bond motifs is 5. The normalized spacial score (nSPS) is 25.4. The molecule has 1 amide bonds. The van der Waals surface area contributed by atoms with E-state index in [0.29, 0.717) is 42.8 Å². The smallest absolute Gasteiger partial charge is 0.410 e. The zero-order valence-electron chi connectivity index (χ0n) is 27.9. The van der Waals surface area contributed by atoms with E-state index in [1.165, 1.54) is 6.07 Å². The molecule has 2 bridgehead atoms. The molecule has 4 aromatic rings. The number of carbonyl (C=O) groups is 1. The standard InChI is InChI=1S/C37H40ClF2N5O4/c1-36(2,3)49-35(47)45-23-9-10-24(45)19-43(18-23)33-28-15-29(38)30(27-14-25(46)13-21-7-4-5-8-26(21)27)31(40)32(28)41-34(42-33)48-20-37-11-6-12-44(37)17-22(39)16-37/h4-5,7-8,13-15,22-24,46H,6,9-12,16-20H2,1-3H3/t22-,23?,24?,37+/m1/s1. The molecule has 5 heterocycles. The predicted molar refractivity (Wildman–Crippen MR) is 185 cm³/mol. The zero-order chi connectivity index (χ0) is 34.2. The number of aromatic hydroxyl groups is 1. The van der Waals surface area contributed by atoms with E-state index in [2.05, 4.69) is 14.8 Å². The monoisotopic (exact) mass is 691 g/mol. The summed E-state index contributed by atoms with van der Waals surface area (Å²) >= 11 is 6.93. The summed E-state index contributed by atoms with van der Waals surface area (Å²) in [6.07, 6.45) is 2.49. The number of benzene rings is 3. The molecule has 0 spiro atoms. The number of rotatable bonds is 5. The minimum Gasteiger partial charge on any atom is -0.508 e. The molecule has 0 aliphatic carbocycles. The van der Waals surface area contributed by atoms with Crippen molar-refractivity contribution in [3.8, 4) is 22.9 Å². The Balaban J connectivity index is 1.22. The number of ether oxygens (including phenoxy) is 2. The highest BCUT2D eigenvalue weighted by atomic mass is 35.5. The van der Waals surface area contributed by atoms with Crippen molar-refractivity contribution in [1.29, 1.82) is 0 Å². The summed E-state index contributed by atoms with van der Waals surface area (Å²) in [5, 5.41) is 12.6. The minimum absolute atomic E-state index is 0.000825. The summed E-state index contributed by atoms with van der Waals surface area (Å²) in [4.78, 5) is 28.8. The van der Waals surface area contributed by atoms with Gasteiger partial charge in [0.2, 0.25) is 0 Å². The van der Waals surface area contributed by atoms with Crippen molar-refractivity contribution in [2.45, 2.75) is 82.3 Å². The Morgan fingerprint density at radius 1 is 1.08 bits per heavy atom. The molecule has 4 saturated heterocycles. The van der Waals surface area contributed by atoms with E-state index in [4.69, 9.17) is 26.1 Å². The van der Waals surface area contributed by atoms with Crippen LogP contribution in [0, 0.1) is 5.82 Å². The lowest BCUT2D eigenvalue weighted by Gasteiger charge is -2.42. The number of hydrogen-bond donors (Lipinski definition) is 1. The number of anilines is 1. The van der Waals surface area contributed by atoms with Crippen LogP contribution in [0.1, 0.15) is 52.9 Å². The molecule has 0 radical (unpaired) electrons. The average molecular weight is 692 g/mol. The molecule has 12 heteroatoms. The van der Waals surface area contributed by atoms with Crippen molar-refractivity contribution >= 4 is 45.2 Å². The number of amides is 1. The van der Waals surface area contributed by atoms with Gasteiger partial charge in [-0.25, -0.2) is 13.6 Å². The molecule has 0 saturated carbocycles. The topological polar surface area (TPSA) is 91.3 Å². The van der Waals surface area contributed by atoms with Crippen LogP contribution < -0.4 is 9.64 Å². The summed E-state index contributed by atoms with van der Waals surface area (Å²) in [7, 11) is 0. The molecule has 4 fully saturated rings. The molecule has 4 aliphatic rings. The second-order valence-corrected chi connectivity index (χ2v) is 15.4. The van der Waals surface area contributed by atoms with E-state index in [9.17, 15) is 14.3 Å². The van der Waals surface area contributed by atoms with Crippen LogP contribution in [0.3, 0.4) is 0 Å². The Kier molecular flexibility index (Phi) is 7.79. The molecular weight excluding hydrogens is 652 g/mol. The number of carbonyl (C=O) groups excluding carboxylic acids is 1. The SMILES string of the molecule is CC(C)(C)OC(=O)N1C2CCC1CN(c1nc(OC[C@@]34CCCN3C[C@H](F)C4)nc3c(F)c(-c4cc(O)cc5ccccc45)c(Cl)cc13)C2. The van der Waals surface area contributed by atoms with Gasteiger partial charge in [0, 0.05) is 37.0 Å². The fraction of sp³-hybridized carbons (Fsp3) is 0.486. The summed E-state index contributed by atoms with van der Waals surface area (Å²) in [5.41, 5.74) is -0.481. The van der Waals surface area contributed by atoms with Crippen LogP contribution in [0.2, 0.25) is 5.02 Å². The van der Waals surface area contributed by atoms with Gasteiger partial charge in [0.15, 0.2) is 5.82 Å². The number of piperazine rings is 1. The molecule has 8 rings (SSSR count). The van der Waals surface area contributed by atoms with Gasteiger partial charge in [-0.3, -0.25) is 9.80 Å². The first-order valence-corrected chi connectivity index (χ1v) is 17.5. The molecule has 4 atom stereocenters. The molecule has 49 heavy (non-hydrogen) atoms. The third-order valence-electron chi connectivity index (χ3n) is 10.6. The Morgan fingerprint density at radius 3 is 2.59 bits per heavy atom. The molecular formula is C37H40ClF2N5O4. The number of nitrogens with zero attached hydrogens (tertiary/aromatic N) is 5. The fourth-order valence-corrected chi connectivity index (χ4v) is 8.84. The first-order chi connectivity index (χ1) is 23.4.